The van der Waals surface area contributed by atoms with Gasteiger partial charge in [-0.15, -0.1) is 0 Å². The predicted molar refractivity (Wildman–Crippen MR) is 227 cm³/mol. The van der Waals surface area contributed by atoms with Crippen LogP contribution < -0.4 is 18.9 Å². The van der Waals surface area contributed by atoms with Crippen LogP contribution in [0.3, 0.4) is 0 Å². The molecule has 0 aromatic heterocycles. The molecule has 0 saturated carbocycles. The van der Waals surface area contributed by atoms with Gasteiger partial charge in [0.15, 0.2) is 23.0 Å². The minimum atomic E-state index is -0.572. The molecule has 6 aromatic carbocycles. The van der Waals surface area contributed by atoms with E-state index in [1.54, 1.807) is 18.2 Å². The van der Waals surface area contributed by atoms with E-state index in [0.717, 1.165) is 100 Å². The molecule has 3 aliphatic heterocycles. The molecular formula is C49H44N2O10. The maximum atomic E-state index is 13.0. The molecule has 0 radical (unpaired) electrons. The van der Waals surface area contributed by atoms with Crippen LogP contribution in [-0.4, -0.2) is 40.8 Å². The van der Waals surface area contributed by atoms with E-state index >= 15 is 0 Å². The molecule has 12 heteroatoms. The van der Waals surface area contributed by atoms with Crippen molar-refractivity contribution in [2.45, 2.75) is 77.8 Å². The Morgan fingerprint density at radius 2 is 1.10 bits per heavy atom. The van der Waals surface area contributed by atoms with Crippen LogP contribution >= 0.6 is 0 Å². The van der Waals surface area contributed by atoms with E-state index in [-0.39, 0.29) is 16.8 Å². The number of nitrogens with zero attached hydrogens (tertiary/aromatic N) is 2. The average molecular weight is 821 g/mol. The van der Waals surface area contributed by atoms with Crippen molar-refractivity contribution in [1.82, 2.24) is 4.90 Å². The maximum Gasteiger partial charge on any atom is 0.338 e. The molecule has 0 bridgehead atoms. The number of hydrogen-bond donors (Lipinski definition) is 0. The molecule has 0 unspecified atom stereocenters. The fraction of sp³-hybridized carbons (Fsp3) is 0.286. The Morgan fingerprint density at radius 3 is 1.70 bits per heavy atom. The molecule has 3 aliphatic rings. The Morgan fingerprint density at radius 1 is 0.574 bits per heavy atom. The summed E-state index contributed by atoms with van der Waals surface area (Å²) in [7, 11) is 0. The van der Waals surface area contributed by atoms with Crippen molar-refractivity contribution in [3.63, 3.8) is 0 Å². The van der Waals surface area contributed by atoms with Crippen LogP contribution in [0.5, 0.6) is 23.0 Å². The zero-order valence-corrected chi connectivity index (χ0v) is 33.6. The fourth-order valence-corrected chi connectivity index (χ4v) is 8.45. The van der Waals surface area contributed by atoms with Crippen LogP contribution in [0.25, 0.3) is 21.5 Å². The summed E-state index contributed by atoms with van der Waals surface area (Å²) >= 11 is 0. The molecule has 0 fully saturated rings. The van der Waals surface area contributed by atoms with Gasteiger partial charge in [-0.05, 0) is 82.3 Å². The second-order valence-electron chi connectivity index (χ2n) is 15.7. The van der Waals surface area contributed by atoms with E-state index in [0.29, 0.717) is 63.1 Å². The number of carbonyl (C=O) groups excluding carboxylic acids is 3. The number of esters is 1. The summed E-state index contributed by atoms with van der Waals surface area (Å²) < 4.78 is 31.2. The van der Waals surface area contributed by atoms with E-state index in [4.69, 9.17) is 23.7 Å². The largest absolute Gasteiger partial charge is 0.485 e. The van der Waals surface area contributed by atoms with Crippen molar-refractivity contribution in [2.24, 2.45) is 0 Å². The van der Waals surface area contributed by atoms with Gasteiger partial charge in [-0.25, -0.2) is 4.79 Å². The predicted octanol–water partition coefficient (Wildman–Crippen LogP) is 10.4. The number of rotatable bonds is 13. The summed E-state index contributed by atoms with van der Waals surface area (Å²) in [6.07, 6.45) is 7.24. The number of amides is 2. The van der Waals surface area contributed by atoms with Crippen LogP contribution in [0.1, 0.15) is 105 Å². The second kappa shape index (κ2) is 17.3. The number of carbonyl (C=O) groups is 3. The minimum absolute atomic E-state index is 0.0981. The maximum absolute atomic E-state index is 13.0. The molecule has 310 valence electrons. The number of nitro benzene ring substituents is 1. The number of benzene rings is 6. The first kappa shape index (κ1) is 39.5. The zero-order valence-electron chi connectivity index (χ0n) is 33.6. The monoisotopic (exact) mass is 820 g/mol. The van der Waals surface area contributed by atoms with E-state index in [2.05, 4.69) is 36.4 Å². The van der Waals surface area contributed by atoms with E-state index in [1.165, 1.54) is 23.1 Å². The van der Waals surface area contributed by atoms with Crippen molar-refractivity contribution < 1.29 is 43.0 Å². The first-order valence-corrected chi connectivity index (χ1v) is 20.9. The molecule has 9 rings (SSSR count). The smallest absolute Gasteiger partial charge is 0.338 e. The Kier molecular flexibility index (Phi) is 11.2. The molecular weight excluding hydrogens is 777 g/mol. The van der Waals surface area contributed by atoms with Gasteiger partial charge in [0, 0.05) is 29.4 Å². The standard InChI is InChI=1S/C49H44N2O10/c52-47-41-19-18-36(51(55)56)26-42(41)48(53)50(47)21-11-5-3-1-2-4-6-12-22-57-49(54)31-17-20-43-44(25-31)59-28-33-24-35-30-61-46-40-16-10-8-14-38(40)37-13-7-9-15-39(37)45(46)60-29-34(35)23-32(33)27-58-43/h7-10,13-20,23-26H,1-6,11-12,21-22,27-30H2. The van der Waals surface area contributed by atoms with E-state index in [1.807, 2.05) is 24.3 Å². The highest BCUT2D eigenvalue weighted by atomic mass is 16.6. The van der Waals surface area contributed by atoms with Gasteiger partial charge in [-0.1, -0.05) is 87.1 Å². The lowest BCUT2D eigenvalue weighted by atomic mass is 9.97. The van der Waals surface area contributed by atoms with Gasteiger partial charge in [-0.3, -0.25) is 24.6 Å². The van der Waals surface area contributed by atoms with Crippen molar-refractivity contribution in [1.29, 1.82) is 0 Å². The first-order chi connectivity index (χ1) is 29.8. The summed E-state index contributed by atoms with van der Waals surface area (Å²) in [5, 5.41) is 15.3. The normalized spacial score (nSPS) is 14.1. The highest BCUT2D eigenvalue weighted by Gasteiger charge is 2.36. The number of hydrogen-bond acceptors (Lipinski definition) is 10. The van der Waals surface area contributed by atoms with Crippen molar-refractivity contribution in [3.05, 3.63) is 146 Å². The molecule has 0 N–H and O–H groups in total. The average Bonchev–Trinajstić information content (AvgIpc) is 3.50. The van der Waals surface area contributed by atoms with Gasteiger partial charge in [-0.2, -0.15) is 0 Å². The molecule has 0 spiro atoms. The van der Waals surface area contributed by atoms with Crippen LogP contribution in [0.4, 0.5) is 5.69 Å². The third-order valence-corrected chi connectivity index (χ3v) is 11.7. The Hall–Kier alpha value is -6.95. The highest BCUT2D eigenvalue weighted by Crippen LogP contribution is 2.45. The number of imide groups is 1. The lowest BCUT2D eigenvalue weighted by Crippen LogP contribution is -2.30. The number of unbranched alkanes of at least 4 members (excludes halogenated alkanes) is 7. The molecule has 0 atom stereocenters. The fourth-order valence-electron chi connectivity index (χ4n) is 8.45. The Labute approximate surface area is 352 Å². The second-order valence-corrected chi connectivity index (χ2v) is 15.7. The molecule has 12 nitrogen and oxygen atoms in total. The van der Waals surface area contributed by atoms with Crippen LogP contribution in [0.2, 0.25) is 0 Å². The molecule has 0 saturated heterocycles. The van der Waals surface area contributed by atoms with Crippen LogP contribution in [0.15, 0.2) is 97.1 Å². The first-order valence-electron chi connectivity index (χ1n) is 20.9. The summed E-state index contributed by atoms with van der Waals surface area (Å²) in [5.74, 6) is 1.25. The summed E-state index contributed by atoms with van der Waals surface area (Å²) in [4.78, 5) is 50.0. The van der Waals surface area contributed by atoms with Crippen molar-refractivity contribution in [3.8, 4) is 23.0 Å². The molecule has 61 heavy (non-hydrogen) atoms. The van der Waals surface area contributed by atoms with E-state index in [9.17, 15) is 24.5 Å². The van der Waals surface area contributed by atoms with E-state index < -0.39 is 22.7 Å². The van der Waals surface area contributed by atoms with Gasteiger partial charge in [0.1, 0.15) is 26.4 Å². The lowest BCUT2D eigenvalue weighted by Gasteiger charge is -2.25. The number of ether oxygens (including phenoxy) is 5. The highest BCUT2D eigenvalue weighted by molar-refractivity contribution is 6.21. The number of nitro groups is 1. The quantitative estimate of drug-likeness (QED) is 0.0276. The Balaban J connectivity index is 0.716. The third kappa shape index (κ3) is 8.05. The minimum Gasteiger partial charge on any atom is -0.485 e. The van der Waals surface area contributed by atoms with Gasteiger partial charge in [0.25, 0.3) is 17.5 Å². The summed E-state index contributed by atoms with van der Waals surface area (Å²) in [6.45, 7) is 2.00. The summed E-state index contributed by atoms with van der Waals surface area (Å²) in [5.41, 5.74) is 4.53. The topological polar surface area (TPSA) is 144 Å². The van der Waals surface area contributed by atoms with Gasteiger partial charge < -0.3 is 23.7 Å². The third-order valence-electron chi connectivity index (χ3n) is 11.7. The van der Waals surface area contributed by atoms with Gasteiger partial charge >= 0.3 is 5.97 Å². The number of non-ortho nitro benzene ring substituents is 1. The SMILES string of the molecule is O=C(OCCCCCCCCCCN1C(=O)c2ccc([N+](=O)[O-])cc2C1=O)c1ccc2c(c1)OCc1cc3c(cc1CO2)COc1c(c2ccccc2c2ccccc12)OC3. The van der Waals surface area contributed by atoms with Gasteiger partial charge in [0.05, 0.1) is 28.2 Å². The van der Waals surface area contributed by atoms with Gasteiger partial charge in [0.2, 0.25) is 0 Å². The molecule has 6 aromatic rings. The summed E-state index contributed by atoms with van der Waals surface area (Å²) in [6, 6.07) is 29.6. The van der Waals surface area contributed by atoms with Crippen LogP contribution in [-0.2, 0) is 31.2 Å². The Bertz CT molecular complexity index is 2710. The lowest BCUT2D eigenvalue weighted by molar-refractivity contribution is -0.384. The molecule has 3 heterocycles. The van der Waals surface area contributed by atoms with Crippen molar-refractivity contribution >= 4 is 45.0 Å². The number of fused-ring (bicyclic) bond motifs is 10. The molecule has 2 amide bonds. The zero-order chi connectivity index (χ0) is 41.9. The van der Waals surface area contributed by atoms with Crippen molar-refractivity contribution in [2.75, 3.05) is 13.2 Å². The van der Waals surface area contributed by atoms with Crippen LogP contribution in [0, 0.1) is 10.1 Å². The molecule has 0 aliphatic carbocycles.